The molecule has 2 aliphatic heterocycles. The zero-order chi connectivity index (χ0) is 21.8. The van der Waals surface area contributed by atoms with Crippen molar-refractivity contribution in [2.75, 3.05) is 24.2 Å². The fraction of sp³-hybridized carbons (Fsp3) is 0.381. The average Bonchev–Trinajstić information content (AvgIpc) is 3.20. The number of hydrogen-bond acceptors (Lipinski definition) is 6. The van der Waals surface area contributed by atoms with E-state index in [9.17, 15) is 8.42 Å². The van der Waals surface area contributed by atoms with E-state index in [0.29, 0.717) is 31.2 Å². The zero-order valence-corrected chi connectivity index (χ0v) is 18.9. The monoisotopic (exact) mass is 458 g/mol. The summed E-state index contributed by atoms with van der Waals surface area (Å²) in [6.07, 6.45) is 8.14. The molecule has 5 rings (SSSR count). The lowest BCUT2D eigenvalue weighted by Crippen LogP contribution is -2.40. The second-order valence-electron chi connectivity index (χ2n) is 8.13. The molecule has 5 heterocycles. The lowest BCUT2D eigenvalue weighted by Gasteiger charge is -2.37. The molecule has 3 aromatic heterocycles. The Kier molecular flexibility index (Phi) is 4.99. The van der Waals surface area contributed by atoms with Crippen LogP contribution in [0, 0.1) is 0 Å². The SMILES string of the molecule is C[C@@H]1Cc2ncnc(C3=CCN(S(C)(=O)=O)CC3)c2CN1c1cc(Cl)nc2[nH]ccc12. The number of nitrogens with zero attached hydrogens (tertiary/aromatic N) is 5. The third-order valence-electron chi connectivity index (χ3n) is 6.11. The van der Waals surface area contributed by atoms with E-state index >= 15 is 0 Å². The first-order chi connectivity index (χ1) is 14.8. The Morgan fingerprint density at radius 2 is 2.13 bits per heavy atom. The van der Waals surface area contributed by atoms with Crippen molar-refractivity contribution in [2.24, 2.45) is 0 Å². The van der Waals surface area contributed by atoms with E-state index in [1.807, 2.05) is 24.4 Å². The number of rotatable bonds is 3. The molecule has 0 saturated carbocycles. The summed E-state index contributed by atoms with van der Waals surface area (Å²) in [7, 11) is -3.19. The molecular weight excluding hydrogens is 436 g/mol. The number of sulfonamides is 1. The lowest BCUT2D eigenvalue weighted by atomic mass is 9.93. The lowest BCUT2D eigenvalue weighted by molar-refractivity contribution is 0.445. The first kappa shape index (κ1) is 20.4. The summed E-state index contributed by atoms with van der Waals surface area (Å²) in [5.41, 5.74) is 5.93. The van der Waals surface area contributed by atoms with Crippen LogP contribution in [0.1, 0.15) is 30.3 Å². The molecule has 1 N–H and O–H groups in total. The minimum atomic E-state index is -3.19. The highest BCUT2D eigenvalue weighted by atomic mass is 35.5. The smallest absolute Gasteiger partial charge is 0.211 e. The highest BCUT2D eigenvalue weighted by molar-refractivity contribution is 7.88. The van der Waals surface area contributed by atoms with Crippen molar-refractivity contribution in [2.45, 2.75) is 32.4 Å². The molecule has 0 aliphatic carbocycles. The van der Waals surface area contributed by atoms with Crippen LogP contribution in [-0.2, 0) is 23.0 Å². The van der Waals surface area contributed by atoms with Gasteiger partial charge in [-0.05, 0) is 31.1 Å². The molecule has 0 aromatic carbocycles. The molecule has 1 atom stereocenters. The Balaban J connectivity index is 1.53. The van der Waals surface area contributed by atoms with Crippen LogP contribution in [0.4, 0.5) is 5.69 Å². The van der Waals surface area contributed by atoms with Gasteiger partial charge in [-0.1, -0.05) is 17.7 Å². The normalized spacial score (nSPS) is 20.0. The van der Waals surface area contributed by atoms with E-state index in [4.69, 9.17) is 11.6 Å². The van der Waals surface area contributed by atoms with Crippen LogP contribution in [0.15, 0.2) is 30.7 Å². The van der Waals surface area contributed by atoms with Gasteiger partial charge >= 0.3 is 0 Å². The van der Waals surface area contributed by atoms with Gasteiger partial charge in [-0.15, -0.1) is 0 Å². The Hall–Kier alpha value is -2.49. The maximum atomic E-state index is 11.9. The molecule has 0 bridgehead atoms. The Labute approximate surface area is 186 Å². The number of H-pyrrole nitrogens is 1. The van der Waals surface area contributed by atoms with Gasteiger partial charge in [-0.25, -0.2) is 23.4 Å². The predicted octanol–water partition coefficient (Wildman–Crippen LogP) is 3.01. The summed E-state index contributed by atoms with van der Waals surface area (Å²) in [6, 6.07) is 4.15. The Bertz CT molecular complexity index is 1300. The molecule has 0 fully saturated rings. The van der Waals surface area contributed by atoms with Gasteiger partial charge < -0.3 is 9.88 Å². The van der Waals surface area contributed by atoms with Gasteiger partial charge in [0.05, 0.1) is 23.3 Å². The summed E-state index contributed by atoms with van der Waals surface area (Å²) >= 11 is 6.31. The maximum absolute atomic E-state index is 11.9. The quantitative estimate of drug-likeness (QED) is 0.606. The molecule has 31 heavy (non-hydrogen) atoms. The van der Waals surface area contributed by atoms with Crippen LogP contribution < -0.4 is 4.90 Å². The average molecular weight is 459 g/mol. The van der Waals surface area contributed by atoms with E-state index in [1.165, 1.54) is 10.6 Å². The number of aromatic amines is 1. The number of pyridine rings is 1. The number of fused-ring (bicyclic) bond motifs is 2. The highest BCUT2D eigenvalue weighted by Crippen LogP contribution is 2.36. The fourth-order valence-corrected chi connectivity index (χ4v) is 5.46. The number of halogens is 1. The second kappa shape index (κ2) is 7.58. The number of hydrogen-bond donors (Lipinski definition) is 1. The van der Waals surface area contributed by atoms with Crippen molar-refractivity contribution in [1.82, 2.24) is 24.2 Å². The van der Waals surface area contributed by atoms with E-state index in [1.54, 1.807) is 6.33 Å². The van der Waals surface area contributed by atoms with Crippen LogP contribution in [-0.4, -0.2) is 58.0 Å². The topological polar surface area (TPSA) is 95.1 Å². The predicted molar refractivity (Wildman–Crippen MR) is 121 cm³/mol. The van der Waals surface area contributed by atoms with Crippen molar-refractivity contribution in [3.8, 4) is 0 Å². The number of nitrogens with one attached hydrogen (secondary N) is 1. The highest BCUT2D eigenvalue weighted by Gasteiger charge is 2.30. The van der Waals surface area contributed by atoms with Gasteiger partial charge in [0, 0.05) is 49.2 Å². The molecule has 0 saturated heterocycles. The van der Waals surface area contributed by atoms with Crippen LogP contribution in [0.2, 0.25) is 5.15 Å². The molecule has 10 heteroatoms. The fourth-order valence-electron chi connectivity index (χ4n) is 4.50. The summed E-state index contributed by atoms with van der Waals surface area (Å²) in [5, 5.41) is 1.47. The van der Waals surface area contributed by atoms with Crippen LogP contribution in [0.25, 0.3) is 16.6 Å². The minimum Gasteiger partial charge on any atom is -0.363 e. The summed E-state index contributed by atoms with van der Waals surface area (Å²) < 4.78 is 25.2. The van der Waals surface area contributed by atoms with Crippen LogP contribution in [0.5, 0.6) is 0 Å². The van der Waals surface area contributed by atoms with Crippen molar-refractivity contribution < 1.29 is 8.42 Å². The van der Waals surface area contributed by atoms with Crippen molar-refractivity contribution in [1.29, 1.82) is 0 Å². The van der Waals surface area contributed by atoms with Gasteiger partial charge in [0.2, 0.25) is 10.0 Å². The Morgan fingerprint density at radius 3 is 2.87 bits per heavy atom. The van der Waals surface area contributed by atoms with Gasteiger partial charge in [0.1, 0.15) is 17.1 Å². The number of anilines is 1. The second-order valence-corrected chi connectivity index (χ2v) is 10.5. The van der Waals surface area contributed by atoms with E-state index in [-0.39, 0.29) is 6.04 Å². The van der Waals surface area contributed by atoms with Gasteiger partial charge in [0.15, 0.2) is 0 Å². The first-order valence-corrected chi connectivity index (χ1v) is 12.4. The van der Waals surface area contributed by atoms with Crippen molar-refractivity contribution in [3.63, 3.8) is 0 Å². The van der Waals surface area contributed by atoms with Gasteiger partial charge in [-0.2, -0.15) is 4.31 Å². The molecule has 0 spiro atoms. The van der Waals surface area contributed by atoms with Gasteiger partial charge in [0.25, 0.3) is 0 Å². The first-order valence-electron chi connectivity index (χ1n) is 10.2. The zero-order valence-electron chi connectivity index (χ0n) is 17.3. The van der Waals surface area contributed by atoms with Crippen LogP contribution >= 0.6 is 11.6 Å². The minimum absolute atomic E-state index is 0.230. The maximum Gasteiger partial charge on any atom is 0.211 e. The summed E-state index contributed by atoms with van der Waals surface area (Å²) in [4.78, 5) is 19.0. The van der Waals surface area contributed by atoms with Crippen LogP contribution in [0.3, 0.4) is 0 Å². The molecule has 2 aliphatic rings. The molecule has 0 radical (unpaired) electrons. The van der Waals surface area contributed by atoms with Crippen molar-refractivity contribution >= 4 is 43.9 Å². The summed E-state index contributed by atoms with van der Waals surface area (Å²) in [6.45, 7) is 3.67. The summed E-state index contributed by atoms with van der Waals surface area (Å²) in [5.74, 6) is 0. The molecular formula is C21H23ClN6O2S. The standard InChI is InChI=1S/C21H23ClN6O2S/c1-13-9-17-16(11-28(13)18-10-19(22)26-21-15(18)3-6-23-21)20(25-12-24-17)14-4-7-27(8-5-14)31(2,29)30/h3-4,6,10,12-13H,5,7-9,11H2,1-2H3,(H,23,26)/t13-/m1/s1. The molecule has 8 nitrogen and oxygen atoms in total. The molecule has 0 unspecified atom stereocenters. The molecule has 3 aromatic rings. The third kappa shape index (κ3) is 3.71. The largest absolute Gasteiger partial charge is 0.363 e. The van der Waals surface area contributed by atoms with Gasteiger partial charge in [-0.3, -0.25) is 0 Å². The van der Waals surface area contributed by atoms with E-state index in [0.717, 1.165) is 45.7 Å². The van der Waals surface area contributed by atoms with E-state index in [2.05, 4.69) is 31.8 Å². The third-order valence-corrected chi connectivity index (χ3v) is 7.58. The number of aromatic nitrogens is 4. The molecule has 0 amide bonds. The Morgan fingerprint density at radius 1 is 1.29 bits per heavy atom. The van der Waals surface area contributed by atoms with E-state index < -0.39 is 10.0 Å². The molecule has 162 valence electrons. The van der Waals surface area contributed by atoms with Crippen molar-refractivity contribution in [3.05, 3.63) is 52.8 Å².